The minimum Gasteiger partial charge on any atom is -0.440 e. The van der Waals surface area contributed by atoms with E-state index in [4.69, 9.17) is 21.8 Å². The molecule has 2 heterocycles. The average Bonchev–Trinajstić information content (AvgIpc) is 2.69. The van der Waals surface area contributed by atoms with Gasteiger partial charge in [-0.2, -0.15) is 0 Å². The highest BCUT2D eigenvalue weighted by molar-refractivity contribution is 9.10. The van der Waals surface area contributed by atoms with Crippen LogP contribution in [0.5, 0.6) is 0 Å². The van der Waals surface area contributed by atoms with Crippen LogP contribution >= 0.6 is 27.5 Å². The van der Waals surface area contributed by atoms with Gasteiger partial charge in [-0.1, -0.05) is 0 Å². The predicted molar refractivity (Wildman–Crippen MR) is 68.0 cm³/mol. The van der Waals surface area contributed by atoms with E-state index in [1.165, 1.54) is 18.3 Å². The van der Waals surface area contributed by atoms with Crippen molar-refractivity contribution in [2.24, 2.45) is 0 Å². The van der Waals surface area contributed by atoms with Crippen LogP contribution < -0.4 is 11.1 Å². The molecule has 5 nitrogen and oxygen atoms in total. The van der Waals surface area contributed by atoms with Gasteiger partial charge in [-0.05, 0) is 45.7 Å². The number of nitrogens with zero attached hydrogens (tertiary/aromatic N) is 1. The Bertz CT molecular complexity index is 570. The maximum absolute atomic E-state index is 11.7. The van der Waals surface area contributed by atoms with Gasteiger partial charge in [0.15, 0.2) is 11.0 Å². The van der Waals surface area contributed by atoms with Crippen LogP contribution in [-0.2, 0) is 0 Å². The molecule has 0 aliphatic carbocycles. The van der Waals surface area contributed by atoms with Crippen LogP contribution in [-0.4, -0.2) is 10.9 Å². The predicted octanol–water partition coefficient (Wildman–Crippen LogP) is 2.93. The Morgan fingerprint density at radius 2 is 2.29 bits per heavy atom. The highest BCUT2D eigenvalue weighted by Gasteiger charge is 2.13. The molecule has 0 spiro atoms. The summed E-state index contributed by atoms with van der Waals surface area (Å²) < 4.78 is 5.55. The highest BCUT2D eigenvalue weighted by Crippen LogP contribution is 2.22. The van der Waals surface area contributed by atoms with Gasteiger partial charge in [0.25, 0.3) is 5.91 Å². The number of furan rings is 1. The van der Waals surface area contributed by atoms with Gasteiger partial charge >= 0.3 is 0 Å². The number of nitrogens with one attached hydrogen (secondary N) is 1. The van der Waals surface area contributed by atoms with Crippen molar-refractivity contribution in [1.82, 2.24) is 4.98 Å². The normalized spacial score (nSPS) is 10.2. The lowest BCUT2D eigenvalue weighted by atomic mass is 10.4. The summed E-state index contributed by atoms with van der Waals surface area (Å²) in [6.07, 6.45) is 1.44. The zero-order chi connectivity index (χ0) is 12.4. The Hall–Kier alpha value is -1.53. The largest absolute Gasteiger partial charge is 0.440 e. The molecular formula is C10H7BrClN3O2. The third-order valence-corrected chi connectivity index (χ3v) is 2.70. The molecule has 88 valence electrons. The van der Waals surface area contributed by atoms with E-state index in [9.17, 15) is 4.79 Å². The zero-order valence-electron chi connectivity index (χ0n) is 8.41. The van der Waals surface area contributed by atoms with Crippen molar-refractivity contribution >= 4 is 44.9 Å². The molecule has 0 saturated heterocycles. The van der Waals surface area contributed by atoms with Gasteiger partial charge in [-0.15, -0.1) is 0 Å². The Kier molecular flexibility index (Phi) is 3.35. The van der Waals surface area contributed by atoms with E-state index in [2.05, 4.69) is 26.2 Å². The van der Waals surface area contributed by atoms with E-state index in [-0.39, 0.29) is 11.0 Å². The van der Waals surface area contributed by atoms with Crippen molar-refractivity contribution in [2.75, 3.05) is 11.1 Å². The van der Waals surface area contributed by atoms with Crippen molar-refractivity contribution in [3.8, 4) is 0 Å². The summed E-state index contributed by atoms with van der Waals surface area (Å²) in [5.41, 5.74) is 6.03. The number of rotatable bonds is 2. The lowest BCUT2D eigenvalue weighted by molar-refractivity contribution is 0.0996. The van der Waals surface area contributed by atoms with E-state index >= 15 is 0 Å². The second kappa shape index (κ2) is 4.77. The van der Waals surface area contributed by atoms with Crippen LogP contribution in [0.3, 0.4) is 0 Å². The van der Waals surface area contributed by atoms with Crippen LogP contribution in [0.2, 0.25) is 5.22 Å². The van der Waals surface area contributed by atoms with Gasteiger partial charge in [-0.3, -0.25) is 4.79 Å². The number of halogens is 2. The van der Waals surface area contributed by atoms with Gasteiger partial charge in [0.2, 0.25) is 0 Å². The molecule has 17 heavy (non-hydrogen) atoms. The summed E-state index contributed by atoms with van der Waals surface area (Å²) in [4.78, 5) is 15.7. The van der Waals surface area contributed by atoms with Crippen LogP contribution in [0.15, 0.2) is 33.3 Å². The van der Waals surface area contributed by atoms with Crippen LogP contribution in [0.4, 0.5) is 11.5 Å². The van der Waals surface area contributed by atoms with Gasteiger partial charge in [-0.25, -0.2) is 4.98 Å². The molecule has 0 aliphatic heterocycles. The first kappa shape index (κ1) is 11.9. The average molecular weight is 317 g/mol. The molecule has 3 N–H and O–H groups in total. The number of nitrogen functional groups attached to an aromatic ring is 1. The SMILES string of the molecule is Nc1cnc(NC(=O)c2ccc(Cl)o2)c(Br)c1. The number of amides is 1. The quantitative estimate of drug-likeness (QED) is 0.892. The topological polar surface area (TPSA) is 81.1 Å². The molecule has 2 aromatic rings. The maximum atomic E-state index is 11.7. The Labute approximate surface area is 110 Å². The van der Waals surface area contributed by atoms with Crippen LogP contribution in [0.1, 0.15) is 10.6 Å². The van der Waals surface area contributed by atoms with Crippen LogP contribution in [0.25, 0.3) is 0 Å². The fraction of sp³-hybridized carbons (Fsp3) is 0. The van der Waals surface area contributed by atoms with E-state index in [1.807, 2.05) is 0 Å². The third-order valence-electron chi connectivity index (χ3n) is 1.89. The molecule has 0 fully saturated rings. The lowest BCUT2D eigenvalue weighted by Gasteiger charge is -2.04. The molecule has 0 unspecified atom stereocenters. The zero-order valence-corrected chi connectivity index (χ0v) is 10.7. The Morgan fingerprint density at radius 1 is 1.53 bits per heavy atom. The fourth-order valence-electron chi connectivity index (χ4n) is 1.15. The molecule has 0 aromatic carbocycles. The lowest BCUT2D eigenvalue weighted by Crippen LogP contribution is -2.12. The molecular weight excluding hydrogens is 309 g/mol. The minimum atomic E-state index is -0.435. The van der Waals surface area contributed by atoms with E-state index < -0.39 is 5.91 Å². The third kappa shape index (κ3) is 2.78. The number of aromatic nitrogens is 1. The second-order valence-corrected chi connectivity index (χ2v) is 4.38. The summed E-state index contributed by atoms with van der Waals surface area (Å²) >= 11 is 8.81. The first-order chi connectivity index (χ1) is 8.06. The number of pyridine rings is 1. The number of carbonyl (C=O) groups is 1. The first-order valence-electron chi connectivity index (χ1n) is 4.54. The van der Waals surface area contributed by atoms with Crippen molar-refractivity contribution in [1.29, 1.82) is 0 Å². The maximum Gasteiger partial charge on any atom is 0.292 e. The van der Waals surface area contributed by atoms with Gasteiger partial charge in [0, 0.05) is 0 Å². The molecule has 2 rings (SSSR count). The number of nitrogens with two attached hydrogens (primary N) is 1. The smallest absolute Gasteiger partial charge is 0.292 e. The van der Waals surface area contributed by atoms with Crippen molar-refractivity contribution < 1.29 is 9.21 Å². The molecule has 0 atom stereocenters. The number of anilines is 2. The van der Waals surface area contributed by atoms with E-state index in [1.54, 1.807) is 6.07 Å². The number of hydrogen-bond donors (Lipinski definition) is 2. The monoisotopic (exact) mass is 315 g/mol. The minimum absolute atomic E-state index is 0.112. The van der Waals surface area contributed by atoms with E-state index in [0.29, 0.717) is 16.0 Å². The second-order valence-electron chi connectivity index (χ2n) is 3.16. The molecule has 1 amide bonds. The van der Waals surface area contributed by atoms with Gasteiger partial charge in [0.1, 0.15) is 5.82 Å². The van der Waals surface area contributed by atoms with Gasteiger partial charge in [0.05, 0.1) is 16.4 Å². The van der Waals surface area contributed by atoms with E-state index in [0.717, 1.165) is 0 Å². The summed E-state index contributed by atoms with van der Waals surface area (Å²) in [7, 11) is 0. The summed E-state index contributed by atoms with van der Waals surface area (Å²) in [6.45, 7) is 0. The van der Waals surface area contributed by atoms with Crippen LogP contribution in [0, 0.1) is 0 Å². The number of carbonyl (C=O) groups excluding carboxylic acids is 1. The highest BCUT2D eigenvalue weighted by atomic mass is 79.9. The van der Waals surface area contributed by atoms with Gasteiger partial charge < -0.3 is 15.5 Å². The number of hydrogen-bond acceptors (Lipinski definition) is 4. The fourth-order valence-corrected chi connectivity index (χ4v) is 1.76. The Balaban J connectivity index is 2.18. The summed E-state index contributed by atoms with van der Waals surface area (Å²) in [5.74, 6) is 0.0344. The first-order valence-corrected chi connectivity index (χ1v) is 5.71. The molecule has 0 aliphatic rings. The Morgan fingerprint density at radius 3 is 2.88 bits per heavy atom. The van der Waals surface area contributed by atoms with Crippen molar-refractivity contribution in [2.45, 2.75) is 0 Å². The molecule has 0 bridgehead atoms. The van der Waals surface area contributed by atoms with Crippen molar-refractivity contribution in [3.63, 3.8) is 0 Å². The molecule has 0 saturated carbocycles. The molecule has 7 heteroatoms. The summed E-state index contributed by atoms with van der Waals surface area (Å²) in [6, 6.07) is 4.60. The molecule has 0 radical (unpaired) electrons. The standard InChI is InChI=1S/C10H7BrClN3O2/c11-6-3-5(13)4-14-9(6)15-10(16)7-1-2-8(12)17-7/h1-4H,13H2,(H,14,15,16). The molecule has 2 aromatic heterocycles. The summed E-state index contributed by atoms with van der Waals surface area (Å²) in [5, 5.41) is 2.71. The van der Waals surface area contributed by atoms with Crippen molar-refractivity contribution in [3.05, 3.63) is 39.8 Å².